The number of primary amides is 1. The number of Topliss-reactive ketones (excluding diaryl/α,β-unsaturated/α-hetero) is 2. The molecule has 4 bridgehead atoms. The molecule has 3 aliphatic heterocycles. The molecule has 0 unspecified atom stereocenters. The molecule has 3 heterocycles. The summed E-state index contributed by atoms with van der Waals surface area (Å²) < 4.78 is 29.3. The Balaban J connectivity index is 1.31. The fraction of sp³-hybridized carbons (Fsp3) is 0.567. The number of halogens is 2. The summed E-state index contributed by atoms with van der Waals surface area (Å²) in [6, 6.07) is 7.05. The second kappa shape index (κ2) is 29.9. The molecule has 3 aliphatic rings. The van der Waals surface area contributed by atoms with Gasteiger partial charge >= 0.3 is 24.1 Å². The average Bonchev–Trinajstić information content (AvgIpc) is 4.12. The number of methoxy groups -OCH3 is 1. The predicted octanol–water partition coefficient (Wildman–Crippen LogP) is 8.56. The highest BCUT2D eigenvalue weighted by Crippen LogP contribution is 2.50. The van der Waals surface area contributed by atoms with Crippen molar-refractivity contribution < 1.29 is 67.1 Å². The van der Waals surface area contributed by atoms with Crippen LogP contribution in [0.2, 0.25) is 5.02 Å². The van der Waals surface area contributed by atoms with Crippen LogP contribution in [0.15, 0.2) is 66.3 Å². The van der Waals surface area contributed by atoms with E-state index >= 15 is 0 Å². The standard InChI is InChI=1S/C60H81BrClN5O14/c1-34(2)43(29-42(68)17-12-11-13-23-78-56(73)38(6)33-61)55(72)65-45(18-15-22-64-57(63)74)47(69)28-40-20-21-44(36(4)25-40)66-58(75)80-50-30-51(70)67(9)46-27-41(26-37(5)53(46)62)24-35(3)16-14-19-49(77-10)60(76)31-48(79-52(71)32-60)39(7)54-59(50,8)81-54/h14,16,19-21,25-27,34,39,43,45,48-50,54,76H,6,11-13,15,17-18,22-24,28-33H2,1-5,7-10H3,(H,65,72)(H,66,75)(H3,63,64,74)/b19-14+,35-16+/t39-,43+,45+,48+,49-,50+,54+,59+,60-/m1/s1. The van der Waals surface area contributed by atoms with E-state index in [2.05, 4.69) is 38.5 Å². The Morgan fingerprint density at radius 2 is 1.77 bits per heavy atom. The summed E-state index contributed by atoms with van der Waals surface area (Å²) >= 11 is 10.0. The summed E-state index contributed by atoms with van der Waals surface area (Å²) in [5, 5.41) is 20.9. The number of alkyl halides is 1. The lowest BCUT2D eigenvalue weighted by Crippen LogP contribution is -2.53. The van der Waals surface area contributed by atoms with E-state index in [0.717, 1.165) is 16.7 Å². The van der Waals surface area contributed by atoms with Crippen molar-refractivity contribution in [2.45, 2.75) is 167 Å². The molecule has 444 valence electrons. The first-order chi connectivity index (χ1) is 38.2. The molecule has 0 aromatic heterocycles. The lowest BCUT2D eigenvalue weighted by molar-refractivity contribution is -0.187. The van der Waals surface area contributed by atoms with E-state index in [1.165, 1.54) is 12.0 Å². The Morgan fingerprint density at radius 3 is 2.43 bits per heavy atom. The number of allylic oxidation sites excluding steroid dienone is 3. The van der Waals surface area contributed by atoms with E-state index in [9.17, 15) is 43.5 Å². The highest BCUT2D eigenvalue weighted by molar-refractivity contribution is 9.09. The maximum Gasteiger partial charge on any atom is 0.412 e. The number of epoxide rings is 1. The Kier molecular flexibility index (Phi) is 24.3. The van der Waals surface area contributed by atoms with Gasteiger partial charge in [-0.25, -0.2) is 14.4 Å². The first-order valence-corrected chi connectivity index (χ1v) is 29.1. The second-order valence-corrected chi connectivity index (χ2v) is 23.2. The number of anilines is 2. The van der Waals surface area contributed by atoms with Crippen molar-refractivity contribution in [1.29, 1.82) is 0 Å². The summed E-state index contributed by atoms with van der Waals surface area (Å²) in [5.41, 5.74) is 7.22. The third-order valence-corrected chi connectivity index (χ3v) is 16.6. The van der Waals surface area contributed by atoms with Crippen LogP contribution < -0.4 is 26.6 Å². The highest BCUT2D eigenvalue weighted by Gasteiger charge is 2.64. The van der Waals surface area contributed by atoms with Crippen molar-refractivity contribution >= 4 is 86.3 Å². The quantitative estimate of drug-likeness (QED) is 0.0174. The van der Waals surface area contributed by atoms with Crippen LogP contribution in [0.5, 0.6) is 0 Å². The Morgan fingerprint density at radius 1 is 1.04 bits per heavy atom. The maximum absolute atomic E-state index is 14.4. The maximum atomic E-state index is 14.4. The van der Waals surface area contributed by atoms with Crippen LogP contribution in [0, 0.1) is 31.6 Å². The lowest BCUT2D eigenvalue weighted by Gasteiger charge is -2.41. The number of carbonyl (C=O) groups is 8. The smallest absolute Gasteiger partial charge is 0.412 e. The molecule has 6 N–H and O–H groups in total. The number of aryl methyl sites for hydroxylation is 2. The van der Waals surface area contributed by atoms with E-state index in [0.29, 0.717) is 70.5 Å². The number of nitrogens with two attached hydrogens (primary N) is 1. The van der Waals surface area contributed by atoms with E-state index in [1.807, 2.05) is 52.8 Å². The first kappa shape index (κ1) is 65.9. The SMILES string of the molecule is C=C(CBr)C(=O)OCCCCCC(=O)C[C@H](C(=O)N[C@@H](CCCNC(N)=O)C(=O)Cc1ccc(NC(=O)O[C@H]2CC(=O)N(C)c3cc(cc(C)c3Cl)C/C(C)=C/C=C/[C@@H](OC)[C@]3(O)CC(=O)O[C@@H](C3)[C@@H](C)[C@@H]3O[C@@]23C)c(C)c1)C(C)C. The van der Waals surface area contributed by atoms with Crippen molar-refractivity contribution in [2.24, 2.45) is 23.5 Å². The van der Waals surface area contributed by atoms with Gasteiger partial charge in [-0.05, 0) is 107 Å². The molecule has 21 heteroatoms. The molecule has 0 spiro atoms. The van der Waals surface area contributed by atoms with Gasteiger partial charge < -0.3 is 50.1 Å². The third kappa shape index (κ3) is 18.5. The number of hydrogen-bond acceptors (Lipinski definition) is 14. The molecule has 5 amide bonds. The molecule has 5 rings (SSSR count). The lowest BCUT2D eigenvalue weighted by atomic mass is 9.78. The Hall–Kier alpha value is -5.93. The van der Waals surface area contributed by atoms with Crippen molar-refractivity contribution in [3.05, 3.63) is 93.6 Å². The van der Waals surface area contributed by atoms with Crippen molar-refractivity contribution in [3.8, 4) is 0 Å². The number of aliphatic hydroxyl groups is 1. The van der Waals surface area contributed by atoms with Gasteiger partial charge in [0.1, 0.15) is 35.3 Å². The predicted molar refractivity (Wildman–Crippen MR) is 311 cm³/mol. The van der Waals surface area contributed by atoms with Crippen LogP contribution in [0.4, 0.5) is 21.0 Å². The zero-order chi connectivity index (χ0) is 59.9. The monoisotopic (exact) mass is 1210 g/mol. The summed E-state index contributed by atoms with van der Waals surface area (Å²) in [6.45, 7) is 16.7. The number of nitrogens with one attached hydrogen (secondary N) is 3. The zero-order valence-electron chi connectivity index (χ0n) is 48.1. The molecule has 0 aliphatic carbocycles. The number of urea groups is 1. The summed E-state index contributed by atoms with van der Waals surface area (Å²) in [5.74, 6) is -3.91. The Labute approximate surface area is 488 Å². The van der Waals surface area contributed by atoms with Gasteiger partial charge in [0, 0.05) is 74.8 Å². The number of esters is 2. The molecule has 0 saturated carbocycles. The van der Waals surface area contributed by atoms with Gasteiger partial charge in [0.2, 0.25) is 11.8 Å². The third-order valence-electron chi connectivity index (χ3n) is 15.4. The van der Waals surface area contributed by atoms with Crippen molar-refractivity contribution in [2.75, 3.05) is 42.9 Å². The fourth-order valence-corrected chi connectivity index (χ4v) is 10.9. The number of ketones is 2. The molecule has 2 saturated heterocycles. The number of rotatable bonds is 23. The van der Waals surface area contributed by atoms with E-state index in [1.54, 1.807) is 51.2 Å². The zero-order valence-corrected chi connectivity index (χ0v) is 50.4. The van der Waals surface area contributed by atoms with Crippen LogP contribution in [-0.4, -0.2) is 127 Å². The van der Waals surface area contributed by atoms with Crippen LogP contribution in [0.3, 0.4) is 0 Å². The minimum atomic E-state index is -1.62. The molecule has 0 radical (unpaired) electrons. The minimum absolute atomic E-state index is 0.0191. The van der Waals surface area contributed by atoms with Gasteiger partial charge in [-0.1, -0.05) is 96.9 Å². The van der Waals surface area contributed by atoms with Gasteiger partial charge in [0.25, 0.3) is 0 Å². The minimum Gasteiger partial charge on any atom is -0.462 e. The van der Waals surface area contributed by atoms with E-state index in [4.69, 9.17) is 41.0 Å². The summed E-state index contributed by atoms with van der Waals surface area (Å²) in [7, 11) is 3.06. The van der Waals surface area contributed by atoms with E-state index in [-0.39, 0.29) is 75.6 Å². The topological polar surface area (TPSA) is 272 Å². The summed E-state index contributed by atoms with van der Waals surface area (Å²) in [4.78, 5) is 107. The number of unbranched alkanes of at least 4 members (excludes halogenated alkanes) is 2. The first-order valence-electron chi connectivity index (χ1n) is 27.6. The molecular formula is C60H81BrClN5O14. The van der Waals surface area contributed by atoms with Crippen LogP contribution in [0.25, 0.3) is 0 Å². The van der Waals surface area contributed by atoms with Crippen LogP contribution >= 0.6 is 27.5 Å². The fourth-order valence-electron chi connectivity index (χ4n) is 10.5. The van der Waals surface area contributed by atoms with Gasteiger partial charge in [-0.2, -0.15) is 0 Å². The normalized spacial score (nSPS) is 24.7. The van der Waals surface area contributed by atoms with E-state index < -0.39 is 89.4 Å². The number of amides is 5. The molecule has 2 aromatic rings. The van der Waals surface area contributed by atoms with Crippen molar-refractivity contribution in [3.63, 3.8) is 0 Å². The molecule has 81 heavy (non-hydrogen) atoms. The van der Waals surface area contributed by atoms with Gasteiger partial charge in [-0.3, -0.25) is 29.3 Å². The highest BCUT2D eigenvalue weighted by atomic mass is 79.9. The number of ether oxygens (including phenoxy) is 5. The van der Waals surface area contributed by atoms with Crippen molar-refractivity contribution in [1.82, 2.24) is 10.6 Å². The molecular weight excluding hydrogens is 1130 g/mol. The van der Waals surface area contributed by atoms with Crippen LogP contribution in [0.1, 0.15) is 121 Å². The average molecular weight is 1210 g/mol. The number of fused-ring (bicyclic) bond motifs is 5. The molecule has 9 atom stereocenters. The van der Waals surface area contributed by atoms with Gasteiger partial charge in [0.05, 0.1) is 42.3 Å². The van der Waals surface area contributed by atoms with Gasteiger partial charge in [-0.15, -0.1) is 0 Å². The summed E-state index contributed by atoms with van der Waals surface area (Å²) in [6.07, 6.45) is 3.10. The van der Waals surface area contributed by atoms with Gasteiger partial charge in [0.15, 0.2) is 5.78 Å². The largest absolute Gasteiger partial charge is 0.462 e. The Bertz CT molecular complexity index is 2730. The molecule has 19 nitrogen and oxygen atoms in total. The molecule has 2 aromatic carbocycles. The molecule has 2 fully saturated rings. The number of hydrogen-bond donors (Lipinski definition) is 5. The number of benzene rings is 2. The number of carbonyl (C=O) groups excluding carboxylic acids is 8. The second-order valence-electron chi connectivity index (χ2n) is 22.3. The van der Waals surface area contributed by atoms with Crippen LogP contribution in [-0.2, 0) is 65.3 Å². The number of nitrogens with zero attached hydrogens (tertiary/aromatic N) is 1.